The topological polar surface area (TPSA) is 0 Å². The van der Waals surface area contributed by atoms with Gasteiger partial charge >= 0.3 is 0 Å². The lowest BCUT2D eigenvalue weighted by atomic mass is 9.47. The number of allylic oxidation sites excluding steroid dienone is 2. The maximum absolute atomic E-state index is 2.84. The van der Waals surface area contributed by atoms with Crippen LogP contribution in [0.25, 0.3) is 0 Å². The first-order chi connectivity index (χ1) is 10.7. The van der Waals surface area contributed by atoms with Crippen LogP contribution in [0.4, 0.5) is 0 Å². The van der Waals surface area contributed by atoms with Gasteiger partial charge in [-0.2, -0.15) is 0 Å². The van der Waals surface area contributed by atoms with Gasteiger partial charge in [0.1, 0.15) is 0 Å². The van der Waals surface area contributed by atoms with Gasteiger partial charge in [-0.3, -0.25) is 0 Å². The summed E-state index contributed by atoms with van der Waals surface area (Å²) in [4.78, 5) is 0. The van der Waals surface area contributed by atoms with Crippen molar-refractivity contribution in [2.45, 2.75) is 77.0 Å². The Morgan fingerprint density at radius 3 is 0.864 bits per heavy atom. The van der Waals surface area contributed by atoms with Crippen molar-refractivity contribution >= 4 is 0 Å². The van der Waals surface area contributed by atoms with E-state index >= 15 is 0 Å². The van der Waals surface area contributed by atoms with Crippen LogP contribution in [0.5, 0.6) is 0 Å². The summed E-state index contributed by atoms with van der Waals surface area (Å²) in [6.07, 6.45) is 24.5. The molecule has 8 fully saturated rings. The Morgan fingerprint density at radius 1 is 0.409 bits per heavy atom. The molecule has 0 N–H and O–H groups in total. The van der Waals surface area contributed by atoms with Crippen molar-refractivity contribution in [3.63, 3.8) is 0 Å². The molecule has 0 unspecified atom stereocenters. The molecular formula is C22H32. The number of rotatable bonds is 2. The molecule has 0 spiro atoms. The summed E-state index contributed by atoms with van der Waals surface area (Å²) in [7, 11) is 0. The highest BCUT2D eigenvalue weighted by Crippen LogP contribution is 2.63. The van der Waals surface area contributed by atoms with E-state index in [2.05, 4.69) is 12.2 Å². The summed E-state index contributed by atoms with van der Waals surface area (Å²) in [5.41, 5.74) is 1.33. The molecule has 8 aliphatic rings. The zero-order valence-corrected chi connectivity index (χ0v) is 14.1. The third-order valence-electron chi connectivity index (χ3n) is 8.96. The molecule has 8 aliphatic carbocycles. The van der Waals surface area contributed by atoms with Crippen molar-refractivity contribution in [2.75, 3.05) is 0 Å². The van der Waals surface area contributed by atoms with E-state index in [1.807, 2.05) is 0 Å². The lowest BCUT2D eigenvalue weighted by Crippen LogP contribution is -2.47. The highest BCUT2D eigenvalue weighted by atomic mass is 14.6. The molecule has 8 saturated carbocycles. The molecule has 22 heavy (non-hydrogen) atoms. The zero-order valence-electron chi connectivity index (χ0n) is 14.1. The van der Waals surface area contributed by atoms with Crippen molar-refractivity contribution in [2.24, 2.45) is 46.3 Å². The smallest absolute Gasteiger partial charge is 0.0110 e. The second kappa shape index (κ2) is 4.22. The normalized spacial score (nSPS) is 61.5. The van der Waals surface area contributed by atoms with Crippen molar-refractivity contribution in [3.8, 4) is 0 Å². The maximum atomic E-state index is 2.84. The van der Waals surface area contributed by atoms with E-state index in [0.717, 1.165) is 35.5 Å². The van der Waals surface area contributed by atoms with Crippen LogP contribution in [0.3, 0.4) is 0 Å². The SMILES string of the molecule is C(=C/C12CC3CC(CC(C3)C1)C2)/C12CC3CC(CC(C3)C1)C2. The number of hydrogen-bond acceptors (Lipinski definition) is 0. The van der Waals surface area contributed by atoms with E-state index < -0.39 is 0 Å². The molecule has 0 atom stereocenters. The lowest BCUT2D eigenvalue weighted by Gasteiger charge is -2.58. The number of hydrogen-bond donors (Lipinski definition) is 0. The van der Waals surface area contributed by atoms with Gasteiger partial charge in [0.2, 0.25) is 0 Å². The van der Waals surface area contributed by atoms with Crippen LogP contribution in [0, 0.1) is 46.3 Å². The average Bonchev–Trinajstić information content (AvgIpc) is 2.42. The fourth-order valence-electron chi connectivity index (χ4n) is 9.12. The van der Waals surface area contributed by atoms with E-state index in [0.29, 0.717) is 10.8 Å². The van der Waals surface area contributed by atoms with Crippen molar-refractivity contribution in [1.29, 1.82) is 0 Å². The largest absolute Gasteiger partial charge is 0.0817 e. The molecule has 0 heteroatoms. The van der Waals surface area contributed by atoms with Gasteiger partial charge in [-0.25, -0.2) is 0 Å². The summed E-state index contributed by atoms with van der Waals surface area (Å²) in [6, 6.07) is 0. The van der Waals surface area contributed by atoms with Gasteiger partial charge in [-0.15, -0.1) is 0 Å². The first-order valence-corrected chi connectivity index (χ1v) is 10.4. The van der Waals surface area contributed by atoms with E-state index in [1.165, 1.54) is 0 Å². The molecule has 0 amide bonds. The fourth-order valence-corrected chi connectivity index (χ4v) is 9.12. The first kappa shape index (κ1) is 13.1. The fraction of sp³-hybridized carbons (Fsp3) is 0.909. The molecule has 0 aromatic heterocycles. The minimum atomic E-state index is 0.665. The third kappa shape index (κ3) is 1.88. The second-order valence-electron chi connectivity index (χ2n) is 10.9. The molecular weight excluding hydrogens is 264 g/mol. The van der Waals surface area contributed by atoms with Crippen LogP contribution in [0.2, 0.25) is 0 Å². The molecule has 0 heterocycles. The van der Waals surface area contributed by atoms with Crippen LogP contribution >= 0.6 is 0 Å². The van der Waals surface area contributed by atoms with E-state index in [1.54, 1.807) is 77.0 Å². The monoisotopic (exact) mass is 296 g/mol. The van der Waals surface area contributed by atoms with Gasteiger partial charge in [0.05, 0.1) is 0 Å². The summed E-state index contributed by atoms with van der Waals surface area (Å²) >= 11 is 0. The van der Waals surface area contributed by atoms with Crippen molar-refractivity contribution < 1.29 is 0 Å². The first-order valence-electron chi connectivity index (χ1n) is 10.4. The zero-order chi connectivity index (χ0) is 14.4. The highest BCUT2D eigenvalue weighted by Gasteiger charge is 2.52. The quantitative estimate of drug-likeness (QED) is 0.550. The van der Waals surface area contributed by atoms with E-state index in [4.69, 9.17) is 0 Å². The molecule has 8 bridgehead atoms. The molecule has 120 valence electrons. The maximum Gasteiger partial charge on any atom is -0.0110 e. The Hall–Kier alpha value is -0.260. The predicted octanol–water partition coefficient (Wildman–Crippen LogP) is 5.98. The Morgan fingerprint density at radius 2 is 0.636 bits per heavy atom. The minimum absolute atomic E-state index is 0.665. The Bertz CT molecular complexity index is 394. The molecule has 8 rings (SSSR count). The van der Waals surface area contributed by atoms with Gasteiger partial charge < -0.3 is 0 Å². The van der Waals surface area contributed by atoms with Gasteiger partial charge in [0, 0.05) is 0 Å². The van der Waals surface area contributed by atoms with Gasteiger partial charge in [-0.1, -0.05) is 12.2 Å². The third-order valence-corrected chi connectivity index (χ3v) is 8.96. The van der Waals surface area contributed by atoms with Gasteiger partial charge in [0.15, 0.2) is 0 Å². The average molecular weight is 296 g/mol. The summed E-state index contributed by atoms with van der Waals surface area (Å²) in [5.74, 6) is 6.62. The van der Waals surface area contributed by atoms with Crippen molar-refractivity contribution in [3.05, 3.63) is 12.2 Å². The van der Waals surface area contributed by atoms with E-state index in [-0.39, 0.29) is 0 Å². The predicted molar refractivity (Wildman–Crippen MR) is 90.4 cm³/mol. The molecule has 0 aromatic carbocycles. The summed E-state index contributed by atoms with van der Waals surface area (Å²) in [6.45, 7) is 0. The molecule has 0 nitrogen and oxygen atoms in total. The Kier molecular flexibility index (Phi) is 2.51. The molecule has 0 aromatic rings. The van der Waals surface area contributed by atoms with Crippen LogP contribution in [0.15, 0.2) is 12.2 Å². The lowest BCUT2D eigenvalue weighted by molar-refractivity contribution is -0.0337. The highest BCUT2D eigenvalue weighted by molar-refractivity contribution is 5.17. The van der Waals surface area contributed by atoms with Gasteiger partial charge in [-0.05, 0) is 123 Å². The second-order valence-corrected chi connectivity index (χ2v) is 10.9. The standard InChI is InChI=1S/C22H32/c1(21-9-15-3-16(10-21)5-17(4-15)11-21)2-22-12-18-6-19(13-22)8-20(7-18)14-22/h1-2,15-20H,3-14H2/b2-1-. The van der Waals surface area contributed by atoms with Crippen LogP contribution < -0.4 is 0 Å². The van der Waals surface area contributed by atoms with Gasteiger partial charge in [0.25, 0.3) is 0 Å². The Labute approximate surface area is 136 Å². The van der Waals surface area contributed by atoms with Crippen LogP contribution in [0.1, 0.15) is 77.0 Å². The van der Waals surface area contributed by atoms with Crippen LogP contribution in [-0.2, 0) is 0 Å². The van der Waals surface area contributed by atoms with Crippen molar-refractivity contribution in [1.82, 2.24) is 0 Å². The molecule has 0 radical (unpaired) electrons. The van der Waals surface area contributed by atoms with E-state index in [9.17, 15) is 0 Å². The molecule has 0 saturated heterocycles. The Balaban J connectivity index is 1.29. The summed E-state index contributed by atoms with van der Waals surface area (Å²) in [5, 5.41) is 0. The summed E-state index contributed by atoms with van der Waals surface area (Å²) < 4.78 is 0. The minimum Gasteiger partial charge on any atom is -0.0817 e. The van der Waals surface area contributed by atoms with Crippen LogP contribution in [-0.4, -0.2) is 0 Å². The molecule has 0 aliphatic heterocycles.